The van der Waals surface area contributed by atoms with Gasteiger partial charge in [-0.25, -0.2) is 8.42 Å². The molecule has 0 fully saturated rings. The Morgan fingerprint density at radius 3 is 2.31 bits per heavy atom. The third kappa shape index (κ3) is 3.60. The van der Waals surface area contributed by atoms with E-state index in [1.54, 1.807) is 19.1 Å². The lowest BCUT2D eigenvalue weighted by Gasteiger charge is -2.28. The molecule has 0 aliphatic heterocycles. The summed E-state index contributed by atoms with van der Waals surface area (Å²) in [4.78, 5) is 13.1. The van der Waals surface area contributed by atoms with E-state index in [2.05, 4.69) is 11.4 Å². The molecule has 3 aromatic rings. The van der Waals surface area contributed by atoms with E-state index in [1.807, 2.05) is 43.3 Å². The molecule has 150 valence electrons. The Morgan fingerprint density at radius 1 is 1.00 bits per heavy atom. The molecule has 0 spiro atoms. The van der Waals surface area contributed by atoms with Crippen LogP contribution in [0.1, 0.15) is 23.6 Å². The van der Waals surface area contributed by atoms with Gasteiger partial charge in [0, 0.05) is 11.1 Å². The second-order valence-corrected chi connectivity index (χ2v) is 9.53. The molecule has 6 heteroatoms. The van der Waals surface area contributed by atoms with Gasteiger partial charge >= 0.3 is 0 Å². The summed E-state index contributed by atoms with van der Waals surface area (Å²) in [6.07, 6.45) is 3.14. The number of carbonyl (C=O) groups excluding carboxylic acids is 1. The maximum atomic E-state index is 13.1. The first kappa shape index (κ1) is 19.5. The summed E-state index contributed by atoms with van der Waals surface area (Å²) in [7, 11) is -3.64. The van der Waals surface area contributed by atoms with Crippen LogP contribution in [0.3, 0.4) is 0 Å². The Bertz CT molecular complexity index is 1190. The predicted molar refractivity (Wildman–Crippen MR) is 118 cm³/mol. The molecule has 3 aromatic carbocycles. The average Bonchev–Trinajstić information content (AvgIpc) is 3.09. The first-order valence-corrected chi connectivity index (χ1v) is 11.5. The lowest BCUT2D eigenvalue weighted by Crippen LogP contribution is -2.45. The van der Waals surface area contributed by atoms with Gasteiger partial charge in [-0.05, 0) is 61.4 Å². The zero-order valence-corrected chi connectivity index (χ0v) is 17.6. The predicted octanol–water partition coefficient (Wildman–Crippen LogP) is 4.04. The summed E-state index contributed by atoms with van der Waals surface area (Å²) in [5.74, 6) is -0.366. The number of aryl methyl sites for hydroxylation is 3. The average molecular weight is 409 g/mol. The molecule has 0 aromatic heterocycles. The van der Waals surface area contributed by atoms with Gasteiger partial charge in [0.15, 0.2) is 0 Å². The smallest absolute Gasteiger partial charge is 0.248 e. The molecule has 5 nitrogen and oxygen atoms in total. The molecule has 0 unspecified atom stereocenters. The van der Waals surface area contributed by atoms with Gasteiger partial charge in [0.1, 0.15) is 6.04 Å². The van der Waals surface area contributed by atoms with Crippen molar-refractivity contribution >= 4 is 38.1 Å². The molecule has 4 rings (SSSR count). The van der Waals surface area contributed by atoms with Crippen molar-refractivity contribution in [2.24, 2.45) is 0 Å². The highest BCUT2D eigenvalue weighted by Crippen LogP contribution is 2.35. The molecule has 0 bridgehead atoms. The quantitative estimate of drug-likeness (QED) is 0.693. The largest absolute Gasteiger partial charge is 0.324 e. The molecule has 1 atom stereocenters. The van der Waals surface area contributed by atoms with Crippen LogP contribution in [0.15, 0.2) is 54.6 Å². The van der Waals surface area contributed by atoms with Crippen LogP contribution in [0, 0.1) is 6.92 Å². The van der Waals surface area contributed by atoms with Gasteiger partial charge in [-0.1, -0.05) is 42.0 Å². The van der Waals surface area contributed by atoms with Gasteiger partial charge in [0.05, 0.1) is 11.9 Å². The fourth-order valence-electron chi connectivity index (χ4n) is 4.09. The minimum absolute atomic E-state index is 0.366. The van der Waals surface area contributed by atoms with Crippen LogP contribution in [0.25, 0.3) is 10.8 Å². The molecule has 1 aliphatic rings. The molecule has 0 saturated heterocycles. The van der Waals surface area contributed by atoms with Crippen LogP contribution in [0.2, 0.25) is 0 Å². The van der Waals surface area contributed by atoms with Crippen molar-refractivity contribution in [3.05, 3.63) is 71.3 Å². The lowest BCUT2D eigenvalue weighted by atomic mass is 10.0. The first-order valence-electron chi connectivity index (χ1n) is 9.66. The lowest BCUT2D eigenvalue weighted by molar-refractivity contribution is -0.116. The normalized spacial score (nSPS) is 14.0. The van der Waals surface area contributed by atoms with E-state index >= 15 is 0 Å². The number of sulfonamides is 1. The summed E-state index contributed by atoms with van der Waals surface area (Å²) in [6, 6.07) is 16.3. The topological polar surface area (TPSA) is 66.5 Å². The van der Waals surface area contributed by atoms with E-state index in [0.717, 1.165) is 30.0 Å². The van der Waals surface area contributed by atoms with Gasteiger partial charge < -0.3 is 5.32 Å². The molecule has 1 amide bonds. The van der Waals surface area contributed by atoms with Crippen LogP contribution in [-0.2, 0) is 27.7 Å². The first-order chi connectivity index (χ1) is 13.8. The zero-order chi connectivity index (χ0) is 20.8. The van der Waals surface area contributed by atoms with Crippen molar-refractivity contribution in [3.63, 3.8) is 0 Å². The van der Waals surface area contributed by atoms with Crippen molar-refractivity contribution in [2.75, 3.05) is 15.9 Å². The highest BCUT2D eigenvalue weighted by Gasteiger charge is 2.29. The van der Waals surface area contributed by atoms with Crippen molar-refractivity contribution in [3.8, 4) is 0 Å². The Morgan fingerprint density at radius 2 is 1.66 bits per heavy atom. The monoisotopic (exact) mass is 408 g/mol. The van der Waals surface area contributed by atoms with E-state index in [9.17, 15) is 13.2 Å². The summed E-state index contributed by atoms with van der Waals surface area (Å²) >= 11 is 0. The maximum absolute atomic E-state index is 13.1. The summed E-state index contributed by atoms with van der Waals surface area (Å²) < 4.78 is 26.1. The van der Waals surface area contributed by atoms with Crippen molar-refractivity contribution in [1.29, 1.82) is 0 Å². The molecule has 0 heterocycles. The van der Waals surface area contributed by atoms with E-state index < -0.39 is 16.1 Å². The summed E-state index contributed by atoms with van der Waals surface area (Å²) in [6.45, 7) is 3.54. The Labute approximate surface area is 171 Å². The number of benzene rings is 3. The highest BCUT2D eigenvalue weighted by molar-refractivity contribution is 7.92. The number of hydrogen-bond donors (Lipinski definition) is 1. The number of hydrogen-bond acceptors (Lipinski definition) is 3. The highest BCUT2D eigenvalue weighted by atomic mass is 32.2. The Kier molecular flexibility index (Phi) is 4.82. The molecular formula is C23H24N2O3S. The molecule has 1 N–H and O–H groups in total. The van der Waals surface area contributed by atoms with Crippen LogP contribution in [0.4, 0.5) is 11.4 Å². The molecular weight excluding hydrogens is 384 g/mol. The van der Waals surface area contributed by atoms with Gasteiger partial charge in [0.25, 0.3) is 0 Å². The van der Waals surface area contributed by atoms with E-state index in [4.69, 9.17) is 0 Å². The zero-order valence-electron chi connectivity index (χ0n) is 16.8. The standard InChI is InChI=1S/C23H24N2O3S/c1-15-7-12-19(13-8-15)25(29(3,27)28)16(2)23(26)24-21-14-11-18-10-9-17-5-4-6-20(21)22(17)18/h4-8,11-14,16H,9-10H2,1-3H3,(H,24,26)/t16-/m0/s1. The third-order valence-corrected chi connectivity index (χ3v) is 6.75. The molecule has 29 heavy (non-hydrogen) atoms. The van der Waals surface area contributed by atoms with Crippen molar-refractivity contribution < 1.29 is 13.2 Å². The van der Waals surface area contributed by atoms with Gasteiger partial charge in [-0.15, -0.1) is 0 Å². The number of carbonyl (C=O) groups is 1. The van der Waals surface area contributed by atoms with E-state index in [-0.39, 0.29) is 5.91 Å². The number of rotatable bonds is 5. The molecule has 0 radical (unpaired) electrons. The van der Waals surface area contributed by atoms with Crippen molar-refractivity contribution in [2.45, 2.75) is 32.7 Å². The number of nitrogens with zero attached hydrogens (tertiary/aromatic N) is 1. The SMILES string of the molecule is Cc1ccc(N([C@@H](C)C(=O)Nc2ccc3c4c(cccc24)CC3)S(C)(=O)=O)cc1. The minimum Gasteiger partial charge on any atom is -0.324 e. The number of amides is 1. The number of anilines is 2. The second-order valence-electron chi connectivity index (χ2n) is 7.67. The van der Waals surface area contributed by atoms with E-state index in [1.165, 1.54) is 20.8 Å². The van der Waals surface area contributed by atoms with Crippen LogP contribution < -0.4 is 9.62 Å². The van der Waals surface area contributed by atoms with Crippen molar-refractivity contribution in [1.82, 2.24) is 0 Å². The minimum atomic E-state index is -3.64. The fraction of sp³-hybridized carbons (Fsp3) is 0.261. The van der Waals surface area contributed by atoms with Gasteiger partial charge in [-0.2, -0.15) is 0 Å². The summed E-state index contributed by atoms with van der Waals surface area (Å²) in [5, 5.41) is 5.16. The maximum Gasteiger partial charge on any atom is 0.248 e. The van der Waals surface area contributed by atoms with Gasteiger partial charge in [-0.3, -0.25) is 9.10 Å². The fourth-order valence-corrected chi connectivity index (χ4v) is 5.27. The third-order valence-electron chi connectivity index (χ3n) is 5.51. The van der Waals surface area contributed by atoms with Crippen LogP contribution >= 0.6 is 0 Å². The summed E-state index contributed by atoms with van der Waals surface area (Å²) in [5.41, 5.74) is 4.79. The Balaban J connectivity index is 1.67. The van der Waals surface area contributed by atoms with Crippen LogP contribution in [0.5, 0.6) is 0 Å². The second kappa shape index (κ2) is 7.19. The molecule has 1 aliphatic carbocycles. The Hall–Kier alpha value is -2.86. The van der Waals surface area contributed by atoms with Gasteiger partial charge in [0.2, 0.25) is 15.9 Å². The number of nitrogens with one attached hydrogen (secondary N) is 1. The molecule has 0 saturated carbocycles. The van der Waals surface area contributed by atoms with Crippen LogP contribution in [-0.4, -0.2) is 26.6 Å². The van der Waals surface area contributed by atoms with E-state index in [0.29, 0.717) is 11.4 Å².